The topological polar surface area (TPSA) is 98.4 Å². The second-order valence-corrected chi connectivity index (χ2v) is 9.01. The van der Waals surface area contributed by atoms with Crippen molar-refractivity contribution < 1.29 is 0 Å². The zero-order valence-corrected chi connectivity index (χ0v) is 18.9. The summed E-state index contributed by atoms with van der Waals surface area (Å²) in [4.78, 5) is 16.0. The van der Waals surface area contributed by atoms with E-state index in [1.54, 1.807) is 6.20 Å². The van der Waals surface area contributed by atoms with Gasteiger partial charge in [-0.3, -0.25) is 9.38 Å². The molecule has 0 spiro atoms. The lowest BCUT2D eigenvalue weighted by molar-refractivity contribution is 0.505. The minimum absolute atomic E-state index is 0.181. The zero-order chi connectivity index (χ0) is 23.1. The van der Waals surface area contributed by atoms with Crippen LogP contribution in [0.15, 0.2) is 73.3 Å². The standard InChI is InChI=1S/C27H27N7/c28-20-7-4-11-33(17-20)25-16-31-24(23-9-3-6-18-5-1-2-8-22(18)23)14-19(25)13-21-15-32-27-26(29)30-10-12-34(21)27/h1-3,5-6,8-10,12,14-16,20H,4,7,11,13,17,28H2,(H2,29,30)/t20-/m1/s1. The molecule has 1 fully saturated rings. The summed E-state index contributed by atoms with van der Waals surface area (Å²) in [5, 5.41) is 2.41. The van der Waals surface area contributed by atoms with Crippen LogP contribution in [0.5, 0.6) is 0 Å². The first kappa shape index (κ1) is 20.6. The highest BCUT2D eigenvalue weighted by molar-refractivity contribution is 5.96. The third-order valence-corrected chi connectivity index (χ3v) is 6.73. The van der Waals surface area contributed by atoms with Gasteiger partial charge in [0.15, 0.2) is 11.5 Å². The van der Waals surface area contributed by atoms with Crippen LogP contribution in [0.4, 0.5) is 11.5 Å². The van der Waals surface area contributed by atoms with Crippen molar-refractivity contribution in [2.75, 3.05) is 23.7 Å². The molecule has 0 radical (unpaired) electrons. The monoisotopic (exact) mass is 449 g/mol. The maximum absolute atomic E-state index is 6.33. The summed E-state index contributed by atoms with van der Waals surface area (Å²) < 4.78 is 2.02. The molecule has 4 heterocycles. The van der Waals surface area contributed by atoms with E-state index in [9.17, 15) is 0 Å². The highest BCUT2D eigenvalue weighted by Crippen LogP contribution is 2.32. The van der Waals surface area contributed by atoms with Gasteiger partial charge in [0.05, 0.1) is 17.6 Å². The van der Waals surface area contributed by atoms with Crippen molar-refractivity contribution in [3.05, 3.63) is 84.6 Å². The minimum atomic E-state index is 0.181. The lowest BCUT2D eigenvalue weighted by Gasteiger charge is -2.34. The van der Waals surface area contributed by atoms with E-state index in [1.807, 2.05) is 23.0 Å². The normalized spacial score (nSPS) is 16.4. The van der Waals surface area contributed by atoms with Gasteiger partial charge in [-0.2, -0.15) is 0 Å². The molecule has 6 rings (SSSR count). The fourth-order valence-corrected chi connectivity index (χ4v) is 5.06. The molecular weight excluding hydrogens is 422 g/mol. The quantitative estimate of drug-likeness (QED) is 0.430. The van der Waals surface area contributed by atoms with Crippen molar-refractivity contribution in [2.45, 2.75) is 25.3 Å². The van der Waals surface area contributed by atoms with Crippen LogP contribution in [0, 0.1) is 0 Å². The fraction of sp³-hybridized carbons (Fsp3) is 0.222. The number of benzene rings is 2. The number of nitrogens with two attached hydrogens (primary N) is 2. The van der Waals surface area contributed by atoms with Crippen molar-refractivity contribution in [2.24, 2.45) is 5.73 Å². The molecule has 3 aromatic heterocycles. The van der Waals surface area contributed by atoms with Gasteiger partial charge in [0, 0.05) is 55.4 Å². The maximum Gasteiger partial charge on any atom is 0.180 e. The molecule has 7 heteroatoms. The predicted octanol–water partition coefficient (Wildman–Crippen LogP) is 4.05. The summed E-state index contributed by atoms with van der Waals surface area (Å²) in [6.07, 6.45) is 10.4. The Kier molecular flexibility index (Phi) is 5.11. The number of hydrogen-bond acceptors (Lipinski definition) is 6. The summed E-state index contributed by atoms with van der Waals surface area (Å²) >= 11 is 0. The molecular formula is C27H27N7. The zero-order valence-electron chi connectivity index (χ0n) is 18.9. The first-order valence-electron chi connectivity index (χ1n) is 11.7. The molecule has 5 aromatic rings. The van der Waals surface area contributed by atoms with Gasteiger partial charge in [-0.1, -0.05) is 42.5 Å². The third kappa shape index (κ3) is 3.64. The van der Waals surface area contributed by atoms with Crippen LogP contribution in [-0.2, 0) is 6.42 Å². The molecule has 0 saturated carbocycles. The molecule has 170 valence electrons. The van der Waals surface area contributed by atoms with Crippen LogP contribution in [0.3, 0.4) is 0 Å². The number of nitrogens with zero attached hydrogens (tertiary/aromatic N) is 5. The first-order valence-corrected chi connectivity index (χ1v) is 11.7. The molecule has 0 aliphatic carbocycles. The number of rotatable bonds is 4. The van der Waals surface area contributed by atoms with Gasteiger partial charge in [-0.05, 0) is 35.2 Å². The third-order valence-electron chi connectivity index (χ3n) is 6.73. The van der Waals surface area contributed by atoms with E-state index in [-0.39, 0.29) is 6.04 Å². The molecule has 1 atom stereocenters. The second kappa shape index (κ2) is 8.43. The van der Waals surface area contributed by atoms with Crippen LogP contribution in [-0.4, -0.2) is 38.5 Å². The Morgan fingerprint density at radius 1 is 1.00 bits per heavy atom. The van der Waals surface area contributed by atoms with Crippen molar-refractivity contribution in [1.29, 1.82) is 0 Å². The van der Waals surface area contributed by atoms with Gasteiger partial charge in [0.1, 0.15) is 0 Å². The van der Waals surface area contributed by atoms with E-state index < -0.39 is 0 Å². The van der Waals surface area contributed by atoms with Gasteiger partial charge in [0.25, 0.3) is 0 Å². The lowest BCUT2D eigenvalue weighted by atomic mass is 9.98. The van der Waals surface area contributed by atoms with Crippen molar-refractivity contribution in [1.82, 2.24) is 19.4 Å². The van der Waals surface area contributed by atoms with Crippen LogP contribution >= 0.6 is 0 Å². The average Bonchev–Trinajstić information content (AvgIpc) is 3.28. The van der Waals surface area contributed by atoms with E-state index in [1.165, 1.54) is 16.3 Å². The summed E-state index contributed by atoms with van der Waals surface area (Å²) in [6, 6.07) is 17.2. The highest BCUT2D eigenvalue weighted by atomic mass is 15.2. The van der Waals surface area contributed by atoms with Gasteiger partial charge in [-0.25, -0.2) is 9.97 Å². The summed E-state index contributed by atoms with van der Waals surface area (Å²) in [6.45, 7) is 1.83. The Bertz CT molecular complexity index is 1480. The van der Waals surface area contributed by atoms with Crippen LogP contribution < -0.4 is 16.4 Å². The van der Waals surface area contributed by atoms with Gasteiger partial charge in [-0.15, -0.1) is 0 Å². The number of aromatic nitrogens is 4. The SMILES string of the molecule is Nc1nccn2c(Cc3cc(-c4cccc5ccccc45)ncc3N3CCC[C@@H](N)C3)cnc12. The van der Waals surface area contributed by atoms with E-state index in [2.05, 4.69) is 63.4 Å². The van der Waals surface area contributed by atoms with E-state index in [0.29, 0.717) is 17.9 Å². The Morgan fingerprint density at radius 3 is 2.79 bits per heavy atom. The summed E-state index contributed by atoms with van der Waals surface area (Å²) in [7, 11) is 0. The van der Waals surface area contributed by atoms with Gasteiger partial charge >= 0.3 is 0 Å². The Morgan fingerprint density at radius 2 is 1.88 bits per heavy atom. The molecule has 1 saturated heterocycles. The first-order chi connectivity index (χ1) is 16.7. The number of anilines is 2. The number of pyridine rings is 1. The molecule has 0 unspecified atom stereocenters. The maximum atomic E-state index is 6.33. The lowest BCUT2D eigenvalue weighted by Crippen LogP contribution is -2.43. The highest BCUT2D eigenvalue weighted by Gasteiger charge is 2.21. The number of fused-ring (bicyclic) bond motifs is 2. The largest absolute Gasteiger partial charge is 0.381 e. The molecule has 1 aliphatic heterocycles. The minimum Gasteiger partial charge on any atom is -0.381 e. The van der Waals surface area contributed by atoms with Crippen molar-refractivity contribution in [3.63, 3.8) is 0 Å². The summed E-state index contributed by atoms with van der Waals surface area (Å²) in [5.41, 5.74) is 18.5. The smallest absolute Gasteiger partial charge is 0.180 e. The molecule has 4 N–H and O–H groups in total. The number of piperidine rings is 1. The molecule has 7 nitrogen and oxygen atoms in total. The number of nitrogen functional groups attached to an aromatic ring is 1. The van der Waals surface area contributed by atoms with E-state index in [4.69, 9.17) is 16.5 Å². The second-order valence-electron chi connectivity index (χ2n) is 9.01. The molecule has 0 amide bonds. The molecule has 0 bridgehead atoms. The molecule has 34 heavy (non-hydrogen) atoms. The van der Waals surface area contributed by atoms with Crippen LogP contribution in [0.2, 0.25) is 0 Å². The number of hydrogen-bond donors (Lipinski definition) is 2. The Labute approximate surface area is 198 Å². The van der Waals surface area contributed by atoms with Crippen LogP contribution in [0.1, 0.15) is 24.1 Å². The Balaban J connectivity index is 1.48. The Hall–Kier alpha value is -3.97. The van der Waals surface area contributed by atoms with Crippen molar-refractivity contribution in [3.8, 4) is 11.3 Å². The van der Waals surface area contributed by atoms with E-state index >= 15 is 0 Å². The predicted molar refractivity (Wildman–Crippen MR) is 137 cm³/mol. The molecule has 2 aromatic carbocycles. The average molecular weight is 450 g/mol. The molecule has 1 aliphatic rings. The van der Waals surface area contributed by atoms with Crippen LogP contribution in [0.25, 0.3) is 27.7 Å². The summed E-state index contributed by atoms with van der Waals surface area (Å²) in [5.74, 6) is 0.433. The number of imidazole rings is 1. The van der Waals surface area contributed by atoms with E-state index in [0.717, 1.165) is 48.6 Å². The fourth-order valence-electron chi connectivity index (χ4n) is 5.06. The van der Waals surface area contributed by atoms with Gasteiger partial charge in [0.2, 0.25) is 0 Å². The van der Waals surface area contributed by atoms with Gasteiger partial charge < -0.3 is 16.4 Å². The van der Waals surface area contributed by atoms with Crippen molar-refractivity contribution >= 4 is 27.9 Å².